The first-order valence-corrected chi connectivity index (χ1v) is 13.7. The first kappa shape index (κ1) is 23.9. The first-order chi connectivity index (χ1) is 16.5. The predicted molar refractivity (Wildman–Crippen MR) is 135 cm³/mol. The Labute approximate surface area is 208 Å². The van der Waals surface area contributed by atoms with E-state index in [0.29, 0.717) is 35.7 Å². The zero-order chi connectivity index (χ0) is 23.7. The van der Waals surface area contributed by atoms with E-state index in [9.17, 15) is 14.7 Å². The van der Waals surface area contributed by atoms with Gasteiger partial charge >= 0.3 is 5.97 Å². The minimum Gasteiger partial charge on any atom is -0.481 e. The Kier molecular flexibility index (Phi) is 7.35. The van der Waals surface area contributed by atoms with Crippen LogP contribution >= 0.6 is 11.6 Å². The molecule has 3 heterocycles. The van der Waals surface area contributed by atoms with E-state index in [1.807, 2.05) is 12.1 Å². The Morgan fingerprint density at radius 1 is 0.853 bits per heavy atom. The minimum absolute atomic E-state index is 0.153. The third-order valence-electron chi connectivity index (χ3n) is 8.78. The summed E-state index contributed by atoms with van der Waals surface area (Å²) in [5.41, 5.74) is 2.38. The lowest BCUT2D eigenvalue weighted by Crippen LogP contribution is -2.39. The molecule has 5 rings (SSSR count). The molecule has 0 radical (unpaired) electrons. The van der Waals surface area contributed by atoms with Crippen LogP contribution in [0, 0.1) is 11.8 Å². The number of hydrogen-bond acceptors (Lipinski definition) is 4. The van der Waals surface area contributed by atoms with Crippen LogP contribution in [0.2, 0.25) is 5.02 Å². The van der Waals surface area contributed by atoms with E-state index in [4.69, 9.17) is 11.6 Å². The Balaban J connectivity index is 1.22. The van der Waals surface area contributed by atoms with Gasteiger partial charge in [0.05, 0.1) is 11.8 Å². The molecule has 1 aromatic carbocycles. The summed E-state index contributed by atoms with van der Waals surface area (Å²) in [5.74, 6) is -0.133. The minimum atomic E-state index is -0.690. The Morgan fingerprint density at radius 2 is 1.59 bits per heavy atom. The molecule has 0 bridgehead atoms. The van der Waals surface area contributed by atoms with Gasteiger partial charge in [-0.15, -0.1) is 0 Å². The van der Waals surface area contributed by atoms with Crippen molar-refractivity contribution in [2.24, 2.45) is 11.8 Å². The number of likely N-dealkylation sites (tertiary alicyclic amines) is 2. The average molecular weight is 488 g/mol. The summed E-state index contributed by atoms with van der Waals surface area (Å²) in [5, 5.41) is 10.1. The van der Waals surface area contributed by atoms with E-state index >= 15 is 0 Å². The molecule has 2 unspecified atom stereocenters. The molecule has 0 aromatic heterocycles. The number of carboxylic acids is 1. The number of nitrogens with zero attached hydrogens (tertiary/aromatic N) is 3. The number of aliphatic carboxylic acids is 1. The van der Waals surface area contributed by atoms with Crippen molar-refractivity contribution in [1.29, 1.82) is 0 Å². The zero-order valence-electron chi connectivity index (χ0n) is 20.1. The van der Waals surface area contributed by atoms with Crippen molar-refractivity contribution in [2.45, 2.75) is 69.7 Å². The van der Waals surface area contributed by atoms with Crippen molar-refractivity contribution in [2.75, 3.05) is 44.2 Å². The molecule has 0 spiro atoms. The van der Waals surface area contributed by atoms with Crippen LogP contribution in [-0.2, 0) is 9.59 Å². The van der Waals surface area contributed by atoms with Gasteiger partial charge in [-0.1, -0.05) is 36.9 Å². The van der Waals surface area contributed by atoms with E-state index in [2.05, 4.69) is 20.8 Å². The van der Waals surface area contributed by atoms with Crippen molar-refractivity contribution in [1.82, 2.24) is 9.80 Å². The molecular weight excluding hydrogens is 450 g/mol. The molecule has 1 N–H and O–H groups in total. The summed E-state index contributed by atoms with van der Waals surface area (Å²) in [4.78, 5) is 31.8. The second-order valence-corrected chi connectivity index (χ2v) is 11.3. The standard InChI is InChI=1S/C27H38ClN3O3/c28-22-6-7-24(25(16-22)29-12-8-19(9-13-29)27(33)34)20-10-15-31(17-20)26(32)21-11-14-30(18-21)23-4-2-1-3-5-23/h6-7,16,19-21,23H,1-5,8-15,17-18H2,(H,33,34). The summed E-state index contributed by atoms with van der Waals surface area (Å²) in [6.45, 7) is 5.09. The van der Waals surface area contributed by atoms with Crippen LogP contribution in [0.15, 0.2) is 18.2 Å². The molecule has 1 aliphatic carbocycles. The van der Waals surface area contributed by atoms with Crippen LogP contribution in [0.1, 0.15) is 69.3 Å². The molecule has 1 saturated carbocycles. The van der Waals surface area contributed by atoms with E-state index in [0.717, 1.165) is 57.8 Å². The number of hydrogen-bond donors (Lipinski definition) is 1. The molecule has 3 aliphatic heterocycles. The second kappa shape index (κ2) is 10.4. The topological polar surface area (TPSA) is 64.1 Å². The van der Waals surface area contributed by atoms with Crippen LogP contribution in [0.3, 0.4) is 0 Å². The maximum Gasteiger partial charge on any atom is 0.306 e. The zero-order valence-corrected chi connectivity index (χ0v) is 20.9. The summed E-state index contributed by atoms with van der Waals surface area (Å²) < 4.78 is 0. The molecule has 2 atom stereocenters. The maximum atomic E-state index is 13.4. The fourth-order valence-corrected chi connectivity index (χ4v) is 6.91. The van der Waals surface area contributed by atoms with Crippen LogP contribution in [0.4, 0.5) is 5.69 Å². The molecular formula is C27H38ClN3O3. The highest BCUT2D eigenvalue weighted by atomic mass is 35.5. The summed E-state index contributed by atoms with van der Waals surface area (Å²) in [6, 6.07) is 6.80. The fraction of sp³-hybridized carbons (Fsp3) is 0.704. The quantitative estimate of drug-likeness (QED) is 0.657. The average Bonchev–Trinajstić information content (AvgIpc) is 3.55. The normalized spacial score (nSPS) is 27.4. The number of carbonyl (C=O) groups excluding carboxylic acids is 1. The van der Waals surface area contributed by atoms with Gasteiger partial charge < -0.3 is 14.9 Å². The molecule has 4 fully saturated rings. The van der Waals surface area contributed by atoms with Crippen molar-refractivity contribution < 1.29 is 14.7 Å². The van der Waals surface area contributed by atoms with Crippen molar-refractivity contribution >= 4 is 29.2 Å². The van der Waals surface area contributed by atoms with Crippen LogP contribution in [0.5, 0.6) is 0 Å². The van der Waals surface area contributed by atoms with Gasteiger partial charge in [0.2, 0.25) is 5.91 Å². The SMILES string of the molecule is O=C(O)C1CCN(c2cc(Cl)ccc2C2CCN(C(=O)C3CCN(C4CCCCC4)C3)C2)CC1. The molecule has 6 nitrogen and oxygen atoms in total. The number of halogens is 1. The van der Waals surface area contributed by atoms with Crippen molar-refractivity contribution in [3.8, 4) is 0 Å². The highest BCUT2D eigenvalue weighted by Gasteiger charge is 2.38. The van der Waals surface area contributed by atoms with Crippen LogP contribution in [-0.4, -0.2) is 72.1 Å². The van der Waals surface area contributed by atoms with E-state index in [1.165, 1.54) is 37.7 Å². The Hall–Kier alpha value is -1.79. The maximum absolute atomic E-state index is 13.4. The lowest BCUT2D eigenvalue weighted by molar-refractivity contribution is -0.142. The van der Waals surface area contributed by atoms with Crippen molar-refractivity contribution in [3.05, 3.63) is 28.8 Å². The van der Waals surface area contributed by atoms with Gasteiger partial charge in [0.1, 0.15) is 0 Å². The summed E-state index contributed by atoms with van der Waals surface area (Å²) in [7, 11) is 0. The van der Waals surface area contributed by atoms with E-state index < -0.39 is 5.97 Å². The number of rotatable bonds is 5. The number of carbonyl (C=O) groups is 2. The number of piperidine rings is 1. The van der Waals surface area contributed by atoms with Gasteiger partial charge in [-0.05, 0) is 62.8 Å². The highest BCUT2D eigenvalue weighted by Crippen LogP contribution is 2.38. The highest BCUT2D eigenvalue weighted by molar-refractivity contribution is 6.30. The predicted octanol–water partition coefficient (Wildman–Crippen LogP) is 4.61. The molecule has 3 saturated heterocycles. The van der Waals surface area contributed by atoms with Crippen molar-refractivity contribution in [3.63, 3.8) is 0 Å². The smallest absolute Gasteiger partial charge is 0.306 e. The first-order valence-electron chi connectivity index (χ1n) is 13.3. The molecule has 1 amide bonds. The molecule has 34 heavy (non-hydrogen) atoms. The van der Waals surface area contributed by atoms with Crippen LogP contribution in [0.25, 0.3) is 0 Å². The Bertz CT molecular complexity index is 895. The van der Waals surface area contributed by atoms with Gasteiger partial charge in [0, 0.05) is 55.4 Å². The largest absolute Gasteiger partial charge is 0.481 e. The lowest BCUT2D eigenvalue weighted by atomic mass is 9.92. The van der Waals surface area contributed by atoms with Gasteiger partial charge in [-0.3, -0.25) is 14.5 Å². The summed E-state index contributed by atoms with van der Waals surface area (Å²) >= 11 is 6.37. The van der Waals surface area contributed by atoms with E-state index in [-0.39, 0.29) is 11.8 Å². The second-order valence-electron chi connectivity index (χ2n) is 10.8. The number of benzene rings is 1. The van der Waals surface area contributed by atoms with E-state index in [1.54, 1.807) is 0 Å². The number of carboxylic acid groups (broad SMARTS) is 1. The third-order valence-corrected chi connectivity index (χ3v) is 9.01. The van der Waals surface area contributed by atoms with Gasteiger partial charge in [-0.25, -0.2) is 0 Å². The molecule has 186 valence electrons. The number of amides is 1. The third kappa shape index (κ3) is 5.08. The van der Waals surface area contributed by atoms with Gasteiger partial charge in [-0.2, -0.15) is 0 Å². The van der Waals surface area contributed by atoms with Crippen LogP contribution < -0.4 is 4.90 Å². The Morgan fingerprint density at radius 3 is 2.32 bits per heavy atom. The van der Waals surface area contributed by atoms with Gasteiger partial charge in [0.15, 0.2) is 0 Å². The monoisotopic (exact) mass is 487 g/mol. The lowest BCUT2D eigenvalue weighted by Gasteiger charge is -2.34. The summed E-state index contributed by atoms with van der Waals surface area (Å²) in [6.07, 6.45) is 9.95. The van der Waals surface area contributed by atoms with Gasteiger partial charge in [0.25, 0.3) is 0 Å². The molecule has 1 aromatic rings. The molecule has 7 heteroatoms. The molecule has 4 aliphatic rings. The fourth-order valence-electron chi connectivity index (χ4n) is 6.74. The number of anilines is 1.